The quantitative estimate of drug-likeness (QED) is 0.700. The van der Waals surface area contributed by atoms with Crippen LogP contribution in [-0.2, 0) is 4.74 Å². The SMILES string of the molecule is CCOC1(CC2CNC2)C=CC=CN1. The van der Waals surface area contributed by atoms with Crippen molar-refractivity contribution in [1.29, 1.82) is 0 Å². The van der Waals surface area contributed by atoms with Crippen LogP contribution in [0.5, 0.6) is 0 Å². The molecule has 0 radical (unpaired) electrons. The van der Waals surface area contributed by atoms with Crippen LogP contribution in [0, 0.1) is 5.92 Å². The molecule has 2 aliphatic heterocycles. The molecule has 78 valence electrons. The Labute approximate surface area is 85.2 Å². The molecule has 3 heteroatoms. The van der Waals surface area contributed by atoms with Crippen LogP contribution in [-0.4, -0.2) is 25.4 Å². The van der Waals surface area contributed by atoms with E-state index in [2.05, 4.69) is 22.8 Å². The van der Waals surface area contributed by atoms with E-state index in [1.54, 1.807) is 0 Å². The van der Waals surface area contributed by atoms with E-state index in [1.165, 1.54) is 0 Å². The van der Waals surface area contributed by atoms with Gasteiger partial charge in [0.25, 0.3) is 0 Å². The maximum Gasteiger partial charge on any atom is 0.158 e. The van der Waals surface area contributed by atoms with Gasteiger partial charge in [0, 0.05) is 13.0 Å². The van der Waals surface area contributed by atoms with Gasteiger partial charge in [-0.25, -0.2) is 0 Å². The summed E-state index contributed by atoms with van der Waals surface area (Å²) in [5.41, 5.74) is -0.254. The molecule has 0 saturated carbocycles. The smallest absolute Gasteiger partial charge is 0.158 e. The lowest BCUT2D eigenvalue weighted by Gasteiger charge is -2.39. The molecule has 3 nitrogen and oxygen atoms in total. The number of allylic oxidation sites excluding steroid dienone is 2. The van der Waals surface area contributed by atoms with Gasteiger partial charge in [-0.05, 0) is 44.3 Å². The Balaban J connectivity index is 1.97. The maximum absolute atomic E-state index is 5.80. The largest absolute Gasteiger partial charge is 0.360 e. The number of dihydropyridines is 1. The van der Waals surface area contributed by atoms with Crippen molar-refractivity contribution in [2.24, 2.45) is 5.92 Å². The fraction of sp³-hybridized carbons (Fsp3) is 0.636. The number of rotatable bonds is 4. The molecule has 2 aliphatic rings. The summed E-state index contributed by atoms with van der Waals surface area (Å²) in [5.74, 6) is 0.741. The molecule has 2 heterocycles. The molecule has 0 aliphatic carbocycles. The summed E-state index contributed by atoms with van der Waals surface area (Å²) in [6.45, 7) is 5.02. The van der Waals surface area contributed by atoms with Gasteiger partial charge in [-0.15, -0.1) is 0 Å². The van der Waals surface area contributed by atoms with Crippen LogP contribution in [0.2, 0.25) is 0 Å². The third kappa shape index (κ3) is 1.99. The topological polar surface area (TPSA) is 33.3 Å². The third-order valence-corrected chi connectivity index (χ3v) is 2.76. The van der Waals surface area contributed by atoms with Gasteiger partial charge in [0.05, 0.1) is 0 Å². The van der Waals surface area contributed by atoms with Crippen LogP contribution in [0.1, 0.15) is 13.3 Å². The summed E-state index contributed by atoms with van der Waals surface area (Å²) in [6, 6.07) is 0. The average molecular weight is 194 g/mol. The Morgan fingerprint density at radius 2 is 2.29 bits per heavy atom. The predicted octanol–water partition coefficient (Wildman–Crippen LogP) is 1.00. The van der Waals surface area contributed by atoms with Crippen molar-refractivity contribution in [3.63, 3.8) is 0 Å². The Hall–Kier alpha value is -0.800. The summed E-state index contributed by atoms with van der Waals surface area (Å²) in [6.07, 6.45) is 9.18. The van der Waals surface area contributed by atoms with E-state index in [0.717, 1.165) is 32.0 Å². The summed E-state index contributed by atoms with van der Waals surface area (Å²) in [4.78, 5) is 0. The van der Waals surface area contributed by atoms with Crippen molar-refractivity contribution in [2.45, 2.75) is 19.1 Å². The first-order valence-corrected chi connectivity index (χ1v) is 5.31. The van der Waals surface area contributed by atoms with Gasteiger partial charge in [-0.1, -0.05) is 6.08 Å². The van der Waals surface area contributed by atoms with Gasteiger partial charge in [-0.3, -0.25) is 0 Å². The average Bonchev–Trinajstić information content (AvgIpc) is 2.14. The molecule has 1 saturated heterocycles. The maximum atomic E-state index is 5.80. The molecule has 0 amide bonds. The van der Waals surface area contributed by atoms with Crippen molar-refractivity contribution in [2.75, 3.05) is 19.7 Å². The Morgan fingerprint density at radius 3 is 2.79 bits per heavy atom. The van der Waals surface area contributed by atoms with Gasteiger partial charge in [0.2, 0.25) is 0 Å². The summed E-state index contributed by atoms with van der Waals surface area (Å²) < 4.78 is 5.80. The van der Waals surface area contributed by atoms with Crippen LogP contribution in [0.3, 0.4) is 0 Å². The zero-order chi connectivity index (χ0) is 9.86. The molecule has 2 N–H and O–H groups in total. The minimum Gasteiger partial charge on any atom is -0.360 e. The second-order valence-electron chi connectivity index (χ2n) is 3.91. The molecular formula is C11H18N2O. The van der Waals surface area contributed by atoms with E-state index in [0.29, 0.717) is 0 Å². The van der Waals surface area contributed by atoms with E-state index in [9.17, 15) is 0 Å². The number of hydrogen-bond acceptors (Lipinski definition) is 3. The summed E-state index contributed by atoms with van der Waals surface area (Å²) in [7, 11) is 0. The van der Waals surface area contributed by atoms with E-state index in [4.69, 9.17) is 4.74 Å². The van der Waals surface area contributed by atoms with Gasteiger partial charge >= 0.3 is 0 Å². The van der Waals surface area contributed by atoms with Gasteiger partial charge < -0.3 is 15.4 Å². The van der Waals surface area contributed by atoms with Crippen LogP contribution < -0.4 is 10.6 Å². The fourth-order valence-corrected chi connectivity index (χ4v) is 1.96. The van der Waals surface area contributed by atoms with Crippen molar-refractivity contribution in [3.05, 3.63) is 24.4 Å². The Morgan fingerprint density at radius 1 is 1.43 bits per heavy atom. The molecule has 0 aromatic heterocycles. The number of ether oxygens (including phenoxy) is 1. The first-order chi connectivity index (χ1) is 6.85. The molecule has 1 unspecified atom stereocenters. The fourth-order valence-electron chi connectivity index (χ4n) is 1.96. The molecule has 2 rings (SSSR count). The molecule has 0 aromatic rings. The standard InChI is InChI=1S/C11H18N2O/c1-2-14-11(5-3-4-6-13-11)7-10-8-12-9-10/h3-6,10,12-13H,2,7-9H2,1H3. The zero-order valence-electron chi connectivity index (χ0n) is 8.62. The van der Waals surface area contributed by atoms with Crippen LogP contribution >= 0.6 is 0 Å². The van der Waals surface area contributed by atoms with Crippen LogP contribution in [0.4, 0.5) is 0 Å². The van der Waals surface area contributed by atoms with E-state index < -0.39 is 0 Å². The highest BCUT2D eigenvalue weighted by atomic mass is 16.5. The van der Waals surface area contributed by atoms with Crippen molar-refractivity contribution in [3.8, 4) is 0 Å². The predicted molar refractivity (Wildman–Crippen MR) is 56.7 cm³/mol. The van der Waals surface area contributed by atoms with E-state index >= 15 is 0 Å². The lowest BCUT2D eigenvalue weighted by atomic mass is 9.91. The summed E-state index contributed by atoms with van der Waals surface area (Å²) in [5, 5.41) is 6.60. The second kappa shape index (κ2) is 4.15. The molecule has 0 spiro atoms. The molecule has 1 atom stereocenters. The van der Waals surface area contributed by atoms with E-state index in [1.807, 2.05) is 19.2 Å². The summed E-state index contributed by atoms with van der Waals surface area (Å²) >= 11 is 0. The lowest BCUT2D eigenvalue weighted by molar-refractivity contribution is -0.0398. The highest BCUT2D eigenvalue weighted by Crippen LogP contribution is 2.24. The van der Waals surface area contributed by atoms with E-state index in [-0.39, 0.29) is 5.72 Å². The zero-order valence-corrected chi connectivity index (χ0v) is 8.62. The van der Waals surface area contributed by atoms with Crippen LogP contribution in [0.25, 0.3) is 0 Å². The molecule has 14 heavy (non-hydrogen) atoms. The van der Waals surface area contributed by atoms with Crippen molar-refractivity contribution < 1.29 is 4.74 Å². The second-order valence-corrected chi connectivity index (χ2v) is 3.91. The third-order valence-electron chi connectivity index (χ3n) is 2.76. The first kappa shape index (κ1) is 9.74. The van der Waals surface area contributed by atoms with Crippen molar-refractivity contribution >= 4 is 0 Å². The monoisotopic (exact) mass is 194 g/mol. The van der Waals surface area contributed by atoms with Gasteiger partial charge in [-0.2, -0.15) is 0 Å². The Bertz CT molecular complexity index is 246. The first-order valence-electron chi connectivity index (χ1n) is 5.31. The number of hydrogen-bond donors (Lipinski definition) is 2. The van der Waals surface area contributed by atoms with Crippen molar-refractivity contribution in [1.82, 2.24) is 10.6 Å². The molecular weight excluding hydrogens is 176 g/mol. The normalized spacial score (nSPS) is 31.2. The minimum atomic E-state index is -0.254. The van der Waals surface area contributed by atoms with Gasteiger partial charge in [0.1, 0.15) is 0 Å². The van der Waals surface area contributed by atoms with Gasteiger partial charge in [0.15, 0.2) is 5.72 Å². The molecule has 0 bridgehead atoms. The van der Waals surface area contributed by atoms with Crippen LogP contribution in [0.15, 0.2) is 24.4 Å². The lowest BCUT2D eigenvalue weighted by Crippen LogP contribution is -2.52. The molecule has 1 fully saturated rings. The molecule has 0 aromatic carbocycles. The highest BCUT2D eigenvalue weighted by molar-refractivity contribution is 5.16. The highest BCUT2D eigenvalue weighted by Gasteiger charge is 2.33. The Kier molecular flexibility index (Phi) is 2.89. The number of nitrogens with one attached hydrogen (secondary N) is 2. The minimum absolute atomic E-state index is 0.254.